The molecule has 4 nitrogen and oxygen atoms in total. The molecule has 2 atom stereocenters. The number of aryl methyl sites for hydroxylation is 1. The van der Waals surface area contributed by atoms with E-state index < -0.39 is 0 Å². The zero-order valence-electron chi connectivity index (χ0n) is 11.6. The average molecular weight is 248 g/mol. The van der Waals surface area contributed by atoms with Crippen molar-refractivity contribution in [2.45, 2.75) is 46.1 Å². The van der Waals surface area contributed by atoms with E-state index >= 15 is 0 Å². The lowest BCUT2D eigenvalue weighted by Crippen LogP contribution is -2.23. The van der Waals surface area contributed by atoms with E-state index in [9.17, 15) is 0 Å². The van der Waals surface area contributed by atoms with Gasteiger partial charge in [-0.3, -0.25) is 0 Å². The third kappa shape index (κ3) is 2.30. The summed E-state index contributed by atoms with van der Waals surface area (Å²) < 4.78 is 2.39. The van der Waals surface area contributed by atoms with Crippen molar-refractivity contribution in [2.24, 2.45) is 11.8 Å². The van der Waals surface area contributed by atoms with E-state index in [1.807, 2.05) is 0 Å². The summed E-state index contributed by atoms with van der Waals surface area (Å²) in [6.45, 7) is 9.41. The molecule has 0 aromatic carbocycles. The predicted molar refractivity (Wildman–Crippen MR) is 71.4 cm³/mol. The Morgan fingerprint density at radius 1 is 1.22 bits per heavy atom. The van der Waals surface area contributed by atoms with Crippen LogP contribution in [0.3, 0.4) is 0 Å². The lowest BCUT2D eigenvalue weighted by molar-refractivity contribution is 0.337. The summed E-state index contributed by atoms with van der Waals surface area (Å²) >= 11 is 0. The maximum absolute atomic E-state index is 4.44. The zero-order chi connectivity index (χ0) is 12.5. The monoisotopic (exact) mass is 248 g/mol. The van der Waals surface area contributed by atoms with Crippen LogP contribution in [0.15, 0.2) is 0 Å². The van der Waals surface area contributed by atoms with Crippen molar-refractivity contribution < 1.29 is 0 Å². The summed E-state index contributed by atoms with van der Waals surface area (Å²) in [4.78, 5) is 2.54. The number of hydrogen-bond donors (Lipinski definition) is 0. The number of rotatable bonds is 3. The van der Waals surface area contributed by atoms with Crippen molar-refractivity contribution in [3.63, 3.8) is 0 Å². The molecule has 100 valence electrons. The van der Waals surface area contributed by atoms with Gasteiger partial charge in [-0.1, -0.05) is 13.8 Å². The Morgan fingerprint density at radius 3 is 2.89 bits per heavy atom. The summed E-state index contributed by atoms with van der Waals surface area (Å²) in [6.07, 6.45) is 4.83. The van der Waals surface area contributed by atoms with Gasteiger partial charge in [0.05, 0.1) is 0 Å². The Bertz CT molecular complexity index is 412. The number of fused-ring (bicyclic) bond motifs is 1. The minimum Gasteiger partial charge on any atom is -0.315 e. The van der Waals surface area contributed by atoms with E-state index in [0.29, 0.717) is 0 Å². The van der Waals surface area contributed by atoms with Crippen LogP contribution in [0.5, 0.6) is 0 Å². The maximum atomic E-state index is 4.44. The van der Waals surface area contributed by atoms with Crippen molar-refractivity contribution in [2.75, 3.05) is 19.6 Å². The molecule has 1 fully saturated rings. The molecule has 3 rings (SSSR count). The van der Waals surface area contributed by atoms with Crippen molar-refractivity contribution >= 4 is 0 Å². The highest BCUT2D eigenvalue weighted by Crippen LogP contribution is 2.24. The molecule has 0 N–H and O–H groups in total. The zero-order valence-corrected chi connectivity index (χ0v) is 11.6. The number of nitrogens with zero attached hydrogens (tertiary/aromatic N) is 4. The minimum absolute atomic E-state index is 0.781. The predicted octanol–water partition coefficient (Wildman–Crippen LogP) is 1.74. The summed E-state index contributed by atoms with van der Waals surface area (Å²) in [6, 6.07) is 0. The molecular weight excluding hydrogens is 224 g/mol. The van der Waals surface area contributed by atoms with E-state index in [1.165, 1.54) is 44.1 Å². The quantitative estimate of drug-likeness (QED) is 0.817. The lowest BCUT2D eigenvalue weighted by atomic mass is 10.0. The van der Waals surface area contributed by atoms with Gasteiger partial charge >= 0.3 is 0 Å². The van der Waals surface area contributed by atoms with Crippen LogP contribution < -0.4 is 0 Å². The molecule has 4 heteroatoms. The molecule has 0 saturated carbocycles. The fraction of sp³-hybridized carbons (Fsp3) is 0.857. The number of hydrogen-bond acceptors (Lipinski definition) is 3. The minimum atomic E-state index is 0.781. The van der Waals surface area contributed by atoms with Gasteiger partial charge in [0.1, 0.15) is 11.6 Å². The van der Waals surface area contributed by atoms with Crippen LogP contribution in [0.25, 0.3) is 0 Å². The summed E-state index contributed by atoms with van der Waals surface area (Å²) in [5.74, 6) is 4.02. The molecule has 18 heavy (non-hydrogen) atoms. The van der Waals surface area contributed by atoms with Crippen molar-refractivity contribution in [1.82, 2.24) is 19.7 Å². The van der Waals surface area contributed by atoms with E-state index in [0.717, 1.165) is 31.2 Å². The summed E-state index contributed by atoms with van der Waals surface area (Å²) in [5, 5.41) is 8.81. The highest BCUT2D eigenvalue weighted by atomic mass is 15.3. The van der Waals surface area contributed by atoms with Crippen LogP contribution in [0, 0.1) is 11.8 Å². The second-order valence-electron chi connectivity index (χ2n) is 6.04. The largest absolute Gasteiger partial charge is 0.315 e. The fourth-order valence-electron chi connectivity index (χ4n) is 3.32. The van der Waals surface area contributed by atoms with E-state index in [2.05, 4.69) is 33.5 Å². The van der Waals surface area contributed by atoms with Gasteiger partial charge in [0.2, 0.25) is 0 Å². The highest BCUT2D eigenvalue weighted by Gasteiger charge is 2.26. The van der Waals surface area contributed by atoms with Gasteiger partial charge in [0, 0.05) is 25.9 Å². The van der Waals surface area contributed by atoms with Gasteiger partial charge in [-0.25, -0.2) is 0 Å². The van der Waals surface area contributed by atoms with E-state index in [1.54, 1.807) is 0 Å². The van der Waals surface area contributed by atoms with Crippen molar-refractivity contribution in [3.05, 3.63) is 11.6 Å². The second-order valence-corrected chi connectivity index (χ2v) is 6.04. The summed E-state index contributed by atoms with van der Waals surface area (Å²) in [5.41, 5.74) is 0. The van der Waals surface area contributed by atoms with Gasteiger partial charge in [-0.2, -0.15) is 0 Å². The molecule has 0 amide bonds. The van der Waals surface area contributed by atoms with Gasteiger partial charge in [-0.15, -0.1) is 10.2 Å². The Kier molecular flexibility index (Phi) is 3.37. The standard InChI is InChI=1S/C14H24N4/c1-3-17-7-6-12(10-17)8-14-16-15-13-5-4-11(2)9-18(13)14/h11-12H,3-10H2,1-2H3. The topological polar surface area (TPSA) is 34.0 Å². The van der Waals surface area contributed by atoms with Crippen LogP contribution in [0.1, 0.15) is 38.3 Å². The van der Waals surface area contributed by atoms with Crippen LogP contribution >= 0.6 is 0 Å². The molecule has 0 radical (unpaired) electrons. The maximum Gasteiger partial charge on any atom is 0.133 e. The first kappa shape index (κ1) is 12.2. The Morgan fingerprint density at radius 2 is 2.11 bits per heavy atom. The molecular formula is C14H24N4. The van der Waals surface area contributed by atoms with Crippen LogP contribution in [-0.2, 0) is 19.4 Å². The first-order valence-corrected chi connectivity index (χ1v) is 7.39. The molecule has 2 unspecified atom stereocenters. The van der Waals surface area contributed by atoms with E-state index in [-0.39, 0.29) is 0 Å². The first-order chi connectivity index (χ1) is 8.76. The Labute approximate surface area is 109 Å². The molecule has 1 aromatic rings. The van der Waals surface area contributed by atoms with Crippen molar-refractivity contribution in [1.29, 1.82) is 0 Å². The Hall–Kier alpha value is -0.900. The Balaban J connectivity index is 1.68. The molecule has 1 saturated heterocycles. The normalized spacial score (nSPS) is 28.6. The molecule has 0 aliphatic carbocycles. The number of aromatic nitrogens is 3. The molecule has 2 aliphatic heterocycles. The van der Waals surface area contributed by atoms with E-state index in [4.69, 9.17) is 0 Å². The van der Waals surface area contributed by atoms with Gasteiger partial charge in [0.25, 0.3) is 0 Å². The van der Waals surface area contributed by atoms with Gasteiger partial charge < -0.3 is 9.47 Å². The smallest absolute Gasteiger partial charge is 0.133 e. The molecule has 1 aromatic heterocycles. The molecule has 0 spiro atoms. The molecule has 3 heterocycles. The first-order valence-electron chi connectivity index (χ1n) is 7.39. The van der Waals surface area contributed by atoms with Crippen LogP contribution in [-0.4, -0.2) is 39.3 Å². The highest BCUT2D eigenvalue weighted by molar-refractivity contribution is 5.01. The third-order valence-electron chi connectivity index (χ3n) is 4.55. The SMILES string of the molecule is CCN1CCC(Cc2nnc3n2CC(C)CC3)C1. The lowest BCUT2D eigenvalue weighted by Gasteiger charge is -2.21. The van der Waals surface area contributed by atoms with Gasteiger partial charge in [0.15, 0.2) is 0 Å². The summed E-state index contributed by atoms with van der Waals surface area (Å²) in [7, 11) is 0. The van der Waals surface area contributed by atoms with Crippen LogP contribution in [0.2, 0.25) is 0 Å². The average Bonchev–Trinajstić information content (AvgIpc) is 2.97. The molecule has 2 aliphatic rings. The number of likely N-dealkylation sites (tertiary alicyclic amines) is 1. The second kappa shape index (κ2) is 5.00. The van der Waals surface area contributed by atoms with Gasteiger partial charge in [-0.05, 0) is 37.8 Å². The van der Waals surface area contributed by atoms with Crippen molar-refractivity contribution in [3.8, 4) is 0 Å². The third-order valence-corrected chi connectivity index (χ3v) is 4.55. The van der Waals surface area contributed by atoms with Crippen LogP contribution in [0.4, 0.5) is 0 Å². The fourth-order valence-corrected chi connectivity index (χ4v) is 3.32. The molecule has 0 bridgehead atoms.